The van der Waals surface area contributed by atoms with Gasteiger partial charge in [-0.15, -0.1) is 0 Å². The van der Waals surface area contributed by atoms with E-state index in [1.54, 1.807) is 12.4 Å². The minimum absolute atomic E-state index is 0.313. The smallest absolute Gasteiger partial charge is 0.406 e. The van der Waals surface area contributed by atoms with Crippen molar-refractivity contribution in [1.82, 2.24) is 35.8 Å². The molecule has 4 N–H and O–H groups in total. The number of carbonyl (C=O) groups is 1. The Balaban J connectivity index is 1.46. The second-order valence-electron chi connectivity index (χ2n) is 7.73. The van der Waals surface area contributed by atoms with Gasteiger partial charge in [0.25, 0.3) is 0 Å². The lowest BCUT2D eigenvalue weighted by molar-refractivity contribution is 0.189. The standard InChI is InChI=1S/C20H21N7O2/c1-11-3-4-12-13(7-11)26-27-16(12)14-8-22-18-17(24-14)15(9-23-18)29-19(28)25-20(2)5-6-21-10-20/h3-4,7-9,21H,5-6,10H2,1-2H3,(H,22,23)(H,25,28)(H,26,27). The molecule has 4 aromatic rings. The Bertz CT molecular complexity index is 1220. The fourth-order valence-corrected chi connectivity index (χ4v) is 3.68. The molecule has 0 radical (unpaired) electrons. The number of aromatic nitrogens is 5. The van der Waals surface area contributed by atoms with Gasteiger partial charge >= 0.3 is 6.09 Å². The first kappa shape index (κ1) is 17.6. The van der Waals surface area contributed by atoms with E-state index in [9.17, 15) is 4.79 Å². The summed E-state index contributed by atoms with van der Waals surface area (Å²) in [5.41, 5.74) is 4.10. The molecule has 9 nitrogen and oxygen atoms in total. The van der Waals surface area contributed by atoms with Gasteiger partial charge in [-0.2, -0.15) is 5.10 Å². The van der Waals surface area contributed by atoms with Gasteiger partial charge in [-0.05, 0) is 38.4 Å². The molecule has 1 fully saturated rings. The van der Waals surface area contributed by atoms with E-state index in [1.807, 2.05) is 32.0 Å². The van der Waals surface area contributed by atoms with Crippen molar-refractivity contribution in [3.05, 3.63) is 36.2 Å². The predicted molar refractivity (Wildman–Crippen MR) is 109 cm³/mol. The van der Waals surface area contributed by atoms with Crippen LogP contribution in [-0.2, 0) is 0 Å². The van der Waals surface area contributed by atoms with Crippen LogP contribution in [0.4, 0.5) is 4.79 Å². The first-order valence-electron chi connectivity index (χ1n) is 9.51. The fraction of sp³-hybridized carbons (Fsp3) is 0.300. The van der Waals surface area contributed by atoms with Crippen LogP contribution in [0.5, 0.6) is 5.75 Å². The second-order valence-corrected chi connectivity index (χ2v) is 7.73. The number of nitrogens with zero attached hydrogens (tertiary/aromatic N) is 3. The lowest BCUT2D eigenvalue weighted by Gasteiger charge is -2.23. The summed E-state index contributed by atoms with van der Waals surface area (Å²) in [6.07, 6.45) is 3.59. The van der Waals surface area contributed by atoms with Crippen molar-refractivity contribution < 1.29 is 9.53 Å². The molecule has 0 saturated carbocycles. The molecule has 5 rings (SSSR count). The number of rotatable bonds is 3. The predicted octanol–water partition coefficient (Wildman–Crippen LogP) is 2.65. The van der Waals surface area contributed by atoms with Crippen LogP contribution in [0.3, 0.4) is 0 Å². The van der Waals surface area contributed by atoms with Crippen LogP contribution < -0.4 is 15.4 Å². The number of nitrogens with one attached hydrogen (secondary N) is 4. The summed E-state index contributed by atoms with van der Waals surface area (Å²) >= 11 is 0. The van der Waals surface area contributed by atoms with Crippen molar-refractivity contribution in [2.45, 2.75) is 25.8 Å². The molecule has 29 heavy (non-hydrogen) atoms. The molecule has 9 heteroatoms. The molecule has 1 aliphatic rings. The second kappa shape index (κ2) is 6.56. The molecule has 1 saturated heterocycles. The maximum atomic E-state index is 12.4. The summed E-state index contributed by atoms with van der Waals surface area (Å²) in [7, 11) is 0. The quantitative estimate of drug-likeness (QED) is 0.426. The number of aromatic amines is 2. The van der Waals surface area contributed by atoms with Gasteiger partial charge in [-0.25, -0.2) is 14.8 Å². The third kappa shape index (κ3) is 3.19. The fourth-order valence-electron chi connectivity index (χ4n) is 3.68. The van der Waals surface area contributed by atoms with Gasteiger partial charge in [0.2, 0.25) is 0 Å². The summed E-state index contributed by atoms with van der Waals surface area (Å²) in [6.45, 7) is 5.61. The Labute approximate surface area is 166 Å². The first-order valence-corrected chi connectivity index (χ1v) is 9.51. The highest BCUT2D eigenvalue weighted by Crippen LogP contribution is 2.29. The van der Waals surface area contributed by atoms with E-state index in [2.05, 4.69) is 35.8 Å². The van der Waals surface area contributed by atoms with E-state index in [-0.39, 0.29) is 5.54 Å². The van der Waals surface area contributed by atoms with Crippen LogP contribution in [0.25, 0.3) is 33.5 Å². The summed E-state index contributed by atoms with van der Waals surface area (Å²) < 4.78 is 5.53. The summed E-state index contributed by atoms with van der Waals surface area (Å²) in [5.74, 6) is 0.331. The zero-order valence-corrected chi connectivity index (χ0v) is 16.2. The Morgan fingerprint density at radius 3 is 3.07 bits per heavy atom. The average molecular weight is 391 g/mol. The highest BCUT2D eigenvalue weighted by Gasteiger charge is 2.31. The van der Waals surface area contributed by atoms with Crippen molar-refractivity contribution in [3.8, 4) is 17.1 Å². The van der Waals surface area contributed by atoms with E-state index in [4.69, 9.17) is 4.74 Å². The van der Waals surface area contributed by atoms with Gasteiger partial charge in [0.1, 0.15) is 11.4 Å². The average Bonchev–Trinajstić information content (AvgIpc) is 3.40. The molecule has 1 unspecified atom stereocenters. The number of aryl methyl sites for hydroxylation is 1. The van der Waals surface area contributed by atoms with Gasteiger partial charge in [-0.3, -0.25) is 5.10 Å². The molecule has 1 aromatic carbocycles. The SMILES string of the molecule is Cc1ccc2c(-c3cnc4[nH]cc(OC(=O)NC5(C)CCNC5)c4n3)n[nH]c2c1. The van der Waals surface area contributed by atoms with Crippen LogP contribution in [-0.4, -0.2) is 49.9 Å². The zero-order valence-electron chi connectivity index (χ0n) is 16.2. The Morgan fingerprint density at radius 1 is 1.34 bits per heavy atom. The summed E-state index contributed by atoms with van der Waals surface area (Å²) in [5, 5.41) is 14.6. The lowest BCUT2D eigenvalue weighted by atomic mass is 10.0. The molecule has 1 atom stereocenters. The number of benzene rings is 1. The van der Waals surface area contributed by atoms with Gasteiger partial charge in [-0.1, -0.05) is 12.1 Å². The van der Waals surface area contributed by atoms with Crippen molar-refractivity contribution in [3.63, 3.8) is 0 Å². The molecule has 0 spiro atoms. The van der Waals surface area contributed by atoms with Crippen molar-refractivity contribution >= 4 is 28.2 Å². The summed E-state index contributed by atoms with van der Waals surface area (Å²) in [4.78, 5) is 24.5. The third-order valence-corrected chi connectivity index (χ3v) is 5.28. The number of carbonyl (C=O) groups excluding carboxylic acids is 1. The minimum atomic E-state index is -0.509. The molecule has 4 heterocycles. The van der Waals surface area contributed by atoms with Crippen LogP contribution in [0, 0.1) is 6.92 Å². The summed E-state index contributed by atoms with van der Waals surface area (Å²) in [6, 6.07) is 6.07. The largest absolute Gasteiger partial charge is 0.413 e. The zero-order chi connectivity index (χ0) is 20.0. The molecule has 1 aliphatic heterocycles. The number of fused-ring (bicyclic) bond motifs is 2. The first-order chi connectivity index (χ1) is 14.0. The molecular weight excluding hydrogens is 370 g/mol. The Hall–Kier alpha value is -3.46. The van der Waals surface area contributed by atoms with Crippen molar-refractivity contribution in [2.24, 2.45) is 0 Å². The van der Waals surface area contributed by atoms with Crippen molar-refractivity contribution in [1.29, 1.82) is 0 Å². The van der Waals surface area contributed by atoms with E-state index in [1.165, 1.54) is 0 Å². The Morgan fingerprint density at radius 2 is 2.24 bits per heavy atom. The number of amides is 1. The molecule has 3 aromatic heterocycles. The highest BCUT2D eigenvalue weighted by molar-refractivity contribution is 5.93. The topological polar surface area (TPSA) is 121 Å². The molecule has 148 valence electrons. The van der Waals surface area contributed by atoms with E-state index >= 15 is 0 Å². The monoisotopic (exact) mass is 391 g/mol. The lowest BCUT2D eigenvalue weighted by Crippen LogP contribution is -2.48. The number of hydrogen-bond acceptors (Lipinski definition) is 6. The van der Waals surface area contributed by atoms with Gasteiger partial charge < -0.3 is 20.4 Å². The van der Waals surface area contributed by atoms with E-state index in [0.29, 0.717) is 34.8 Å². The van der Waals surface area contributed by atoms with Crippen LogP contribution in [0.1, 0.15) is 18.9 Å². The van der Waals surface area contributed by atoms with Crippen LogP contribution in [0.2, 0.25) is 0 Å². The molecule has 1 amide bonds. The third-order valence-electron chi connectivity index (χ3n) is 5.28. The molecule has 0 aliphatic carbocycles. The van der Waals surface area contributed by atoms with E-state index < -0.39 is 6.09 Å². The maximum Gasteiger partial charge on any atom is 0.413 e. The Kier molecular flexibility index (Phi) is 3.99. The maximum absolute atomic E-state index is 12.4. The van der Waals surface area contributed by atoms with Gasteiger partial charge in [0.05, 0.1) is 17.3 Å². The normalized spacial score (nSPS) is 19.1. The highest BCUT2D eigenvalue weighted by atomic mass is 16.6. The van der Waals surface area contributed by atoms with Gasteiger partial charge in [0.15, 0.2) is 16.9 Å². The van der Waals surface area contributed by atoms with E-state index in [0.717, 1.165) is 29.4 Å². The van der Waals surface area contributed by atoms with Crippen LogP contribution in [0.15, 0.2) is 30.6 Å². The number of hydrogen-bond donors (Lipinski definition) is 4. The number of H-pyrrole nitrogens is 2. The van der Waals surface area contributed by atoms with Crippen molar-refractivity contribution in [2.75, 3.05) is 13.1 Å². The minimum Gasteiger partial charge on any atom is -0.406 e. The molecule has 0 bridgehead atoms. The number of ether oxygens (including phenoxy) is 1. The van der Waals surface area contributed by atoms with Crippen LogP contribution >= 0.6 is 0 Å². The molecular formula is C20H21N7O2. The van der Waals surface area contributed by atoms with Gasteiger partial charge in [0, 0.05) is 18.1 Å².